The predicted octanol–water partition coefficient (Wildman–Crippen LogP) is 5.43. The van der Waals surface area contributed by atoms with Crippen LogP contribution in [-0.2, 0) is 11.4 Å². The summed E-state index contributed by atoms with van der Waals surface area (Å²) in [4.78, 5) is 12.3. The summed E-state index contributed by atoms with van der Waals surface area (Å²) in [6.45, 7) is 10.4. The Bertz CT molecular complexity index is 1030. The maximum atomic E-state index is 12.3. The average Bonchev–Trinajstić information content (AvgIpc) is 3.15. The maximum Gasteiger partial charge on any atom is 0.277 e. The van der Waals surface area contributed by atoms with Crippen molar-refractivity contribution in [2.24, 2.45) is 0 Å². The van der Waals surface area contributed by atoms with E-state index in [1.54, 1.807) is 0 Å². The zero-order valence-corrected chi connectivity index (χ0v) is 18.8. The monoisotopic (exact) mass is 425 g/mol. The van der Waals surface area contributed by atoms with Gasteiger partial charge in [-0.15, -0.1) is 10.2 Å². The fourth-order valence-corrected chi connectivity index (χ4v) is 3.50. The van der Waals surface area contributed by atoms with Crippen LogP contribution in [0.4, 0.5) is 5.69 Å². The second-order valence-corrected chi connectivity index (χ2v) is 8.53. The Morgan fingerprint density at radius 1 is 1.10 bits per heavy atom. The van der Waals surface area contributed by atoms with Gasteiger partial charge in [-0.1, -0.05) is 49.9 Å². The van der Waals surface area contributed by atoms with Crippen molar-refractivity contribution in [1.82, 2.24) is 10.2 Å². The fourth-order valence-electron chi connectivity index (χ4n) is 2.92. The van der Waals surface area contributed by atoms with E-state index in [0.717, 1.165) is 33.7 Å². The molecule has 2 aromatic carbocycles. The topological polar surface area (TPSA) is 77.2 Å². The highest BCUT2D eigenvalue weighted by Gasteiger charge is 2.13. The van der Waals surface area contributed by atoms with Gasteiger partial charge >= 0.3 is 0 Å². The molecule has 1 amide bonds. The molecule has 7 heteroatoms. The Balaban J connectivity index is 1.54. The molecular weight excluding hydrogens is 398 g/mol. The SMILES string of the molecule is Cc1ccc(C)c(NC(=O)CSc2nnc(COc3cc(C)ccc3C(C)C)o2)c1. The number of nitrogens with zero attached hydrogens (tertiary/aromatic N) is 2. The lowest BCUT2D eigenvalue weighted by atomic mass is 10.0. The number of thioether (sulfide) groups is 1. The van der Waals surface area contributed by atoms with Crippen molar-refractivity contribution in [1.29, 1.82) is 0 Å². The van der Waals surface area contributed by atoms with Gasteiger partial charge in [0.1, 0.15) is 5.75 Å². The molecule has 3 rings (SSSR count). The van der Waals surface area contributed by atoms with E-state index in [1.165, 1.54) is 11.8 Å². The van der Waals surface area contributed by atoms with E-state index in [-0.39, 0.29) is 18.3 Å². The van der Waals surface area contributed by atoms with Gasteiger partial charge in [0.15, 0.2) is 6.61 Å². The van der Waals surface area contributed by atoms with Crippen molar-refractivity contribution in [2.75, 3.05) is 11.1 Å². The first kappa shape index (κ1) is 21.9. The number of anilines is 1. The summed E-state index contributed by atoms with van der Waals surface area (Å²) in [5.74, 6) is 1.62. The lowest BCUT2D eigenvalue weighted by Crippen LogP contribution is -2.14. The molecule has 0 radical (unpaired) electrons. The largest absolute Gasteiger partial charge is 0.484 e. The molecule has 3 aromatic rings. The summed E-state index contributed by atoms with van der Waals surface area (Å²) < 4.78 is 11.5. The minimum absolute atomic E-state index is 0.119. The quantitative estimate of drug-likeness (QED) is 0.485. The molecule has 6 nitrogen and oxygen atoms in total. The maximum absolute atomic E-state index is 12.3. The summed E-state index contributed by atoms with van der Waals surface area (Å²) in [6, 6.07) is 12.1. The third kappa shape index (κ3) is 5.86. The van der Waals surface area contributed by atoms with Gasteiger partial charge in [-0.3, -0.25) is 4.79 Å². The summed E-state index contributed by atoms with van der Waals surface area (Å²) >= 11 is 1.20. The van der Waals surface area contributed by atoms with Crippen LogP contribution < -0.4 is 10.1 Å². The van der Waals surface area contributed by atoms with Crippen LogP contribution in [0.5, 0.6) is 5.75 Å². The molecule has 1 aromatic heterocycles. The molecule has 0 spiro atoms. The van der Waals surface area contributed by atoms with Crippen LogP contribution in [0.3, 0.4) is 0 Å². The van der Waals surface area contributed by atoms with Crippen LogP contribution in [0.2, 0.25) is 0 Å². The van der Waals surface area contributed by atoms with Crippen molar-refractivity contribution in [3.8, 4) is 5.75 Å². The molecule has 0 aliphatic carbocycles. The number of aromatic nitrogens is 2. The smallest absolute Gasteiger partial charge is 0.277 e. The first-order valence-electron chi connectivity index (χ1n) is 9.87. The molecule has 0 fully saturated rings. The Morgan fingerprint density at radius 3 is 2.60 bits per heavy atom. The number of carbonyl (C=O) groups excluding carboxylic acids is 1. The van der Waals surface area contributed by atoms with Crippen molar-refractivity contribution in [2.45, 2.75) is 52.4 Å². The molecule has 0 aliphatic heterocycles. The zero-order chi connectivity index (χ0) is 21.7. The number of hydrogen-bond acceptors (Lipinski definition) is 6. The molecule has 0 atom stereocenters. The van der Waals surface area contributed by atoms with Crippen LogP contribution in [0, 0.1) is 20.8 Å². The number of aryl methyl sites for hydroxylation is 3. The van der Waals surface area contributed by atoms with Crippen LogP contribution in [0.1, 0.15) is 47.9 Å². The molecule has 0 aliphatic rings. The van der Waals surface area contributed by atoms with E-state index in [0.29, 0.717) is 17.0 Å². The molecule has 0 saturated heterocycles. The van der Waals surface area contributed by atoms with Crippen molar-refractivity contribution in [3.05, 3.63) is 64.5 Å². The molecule has 0 saturated carbocycles. The van der Waals surface area contributed by atoms with E-state index < -0.39 is 0 Å². The summed E-state index contributed by atoms with van der Waals surface area (Å²) in [5.41, 5.74) is 5.20. The lowest BCUT2D eigenvalue weighted by Gasteiger charge is -2.13. The summed E-state index contributed by atoms with van der Waals surface area (Å²) in [7, 11) is 0. The van der Waals surface area contributed by atoms with Gasteiger partial charge in [-0.05, 0) is 61.1 Å². The van der Waals surface area contributed by atoms with Crippen LogP contribution in [0.15, 0.2) is 46.0 Å². The van der Waals surface area contributed by atoms with E-state index in [2.05, 4.69) is 41.5 Å². The molecule has 0 unspecified atom stereocenters. The number of hydrogen-bond donors (Lipinski definition) is 1. The van der Waals surface area contributed by atoms with Gasteiger partial charge in [-0.25, -0.2) is 0 Å². The van der Waals surface area contributed by atoms with Gasteiger partial charge < -0.3 is 14.5 Å². The normalized spacial score (nSPS) is 11.0. The van der Waals surface area contributed by atoms with Gasteiger partial charge in [0.2, 0.25) is 5.91 Å². The van der Waals surface area contributed by atoms with Crippen molar-refractivity contribution < 1.29 is 13.9 Å². The number of nitrogens with one attached hydrogen (secondary N) is 1. The second kappa shape index (κ2) is 9.80. The minimum atomic E-state index is -0.119. The summed E-state index contributed by atoms with van der Waals surface area (Å²) in [6.07, 6.45) is 0. The molecule has 1 heterocycles. The van der Waals surface area contributed by atoms with E-state index in [4.69, 9.17) is 9.15 Å². The molecule has 30 heavy (non-hydrogen) atoms. The molecule has 158 valence electrons. The molecule has 1 N–H and O–H groups in total. The van der Waals surface area contributed by atoms with Crippen LogP contribution >= 0.6 is 11.8 Å². The summed E-state index contributed by atoms with van der Waals surface area (Å²) in [5, 5.41) is 11.3. The third-order valence-electron chi connectivity index (χ3n) is 4.58. The second-order valence-electron chi connectivity index (χ2n) is 7.60. The van der Waals surface area contributed by atoms with Crippen molar-refractivity contribution >= 4 is 23.4 Å². The predicted molar refractivity (Wildman–Crippen MR) is 119 cm³/mol. The van der Waals surface area contributed by atoms with Crippen LogP contribution in [-0.4, -0.2) is 21.9 Å². The molecular formula is C23H27N3O3S. The van der Waals surface area contributed by atoms with Crippen molar-refractivity contribution in [3.63, 3.8) is 0 Å². The Morgan fingerprint density at radius 2 is 1.83 bits per heavy atom. The number of rotatable bonds is 8. The van der Waals surface area contributed by atoms with E-state index in [1.807, 2.05) is 45.0 Å². The van der Waals surface area contributed by atoms with E-state index in [9.17, 15) is 4.79 Å². The number of carbonyl (C=O) groups is 1. The lowest BCUT2D eigenvalue weighted by molar-refractivity contribution is -0.113. The van der Waals surface area contributed by atoms with E-state index >= 15 is 0 Å². The Hall–Kier alpha value is -2.80. The number of ether oxygens (including phenoxy) is 1. The Kier molecular flexibility index (Phi) is 7.15. The fraction of sp³-hybridized carbons (Fsp3) is 0.348. The zero-order valence-electron chi connectivity index (χ0n) is 18.0. The first-order chi connectivity index (χ1) is 14.3. The highest BCUT2D eigenvalue weighted by molar-refractivity contribution is 7.99. The molecule has 0 bridgehead atoms. The van der Waals surface area contributed by atoms with Gasteiger partial charge in [-0.2, -0.15) is 0 Å². The highest BCUT2D eigenvalue weighted by Crippen LogP contribution is 2.28. The third-order valence-corrected chi connectivity index (χ3v) is 5.40. The first-order valence-corrected chi connectivity index (χ1v) is 10.9. The number of benzene rings is 2. The minimum Gasteiger partial charge on any atom is -0.484 e. The van der Waals surface area contributed by atoms with Gasteiger partial charge in [0, 0.05) is 5.69 Å². The Labute approximate surface area is 181 Å². The average molecular weight is 426 g/mol. The standard InChI is InChI=1S/C23H27N3O3S/c1-14(2)18-9-7-16(4)11-20(18)28-12-22-25-26-23(29-22)30-13-21(27)24-19-10-15(3)6-8-17(19)5/h6-11,14H,12-13H2,1-5H3,(H,24,27). The number of amides is 1. The van der Waals surface area contributed by atoms with Crippen LogP contribution in [0.25, 0.3) is 0 Å². The highest BCUT2D eigenvalue weighted by atomic mass is 32.2. The van der Waals surface area contributed by atoms with Gasteiger partial charge in [0.05, 0.1) is 5.75 Å². The van der Waals surface area contributed by atoms with Gasteiger partial charge in [0.25, 0.3) is 11.1 Å².